The van der Waals surface area contributed by atoms with E-state index in [0.717, 1.165) is 50.3 Å². The number of benzene rings is 1. The van der Waals surface area contributed by atoms with Crippen LogP contribution in [0, 0.1) is 5.92 Å². The van der Waals surface area contributed by atoms with E-state index in [4.69, 9.17) is 0 Å². The molecule has 1 aliphatic rings. The molecule has 2 rings (SSSR count). The summed E-state index contributed by atoms with van der Waals surface area (Å²) in [5, 5.41) is 3.31. The quantitative estimate of drug-likeness (QED) is 0.909. The molecule has 1 N–H and O–H groups in total. The smallest absolute Gasteiger partial charge is 0.374 e. The van der Waals surface area contributed by atoms with Gasteiger partial charge < -0.3 is 10.2 Å². The van der Waals surface area contributed by atoms with E-state index in [9.17, 15) is 13.2 Å². The van der Waals surface area contributed by atoms with Crippen LogP contribution in [0.4, 0.5) is 18.9 Å². The maximum Gasteiger partial charge on any atom is 0.416 e. The van der Waals surface area contributed by atoms with Gasteiger partial charge in [-0.1, -0.05) is 0 Å². The van der Waals surface area contributed by atoms with Crippen LogP contribution in [0.15, 0.2) is 24.3 Å². The Bertz CT molecular complexity index is 394. The molecule has 106 valence electrons. The fourth-order valence-electron chi connectivity index (χ4n) is 2.46. The van der Waals surface area contributed by atoms with Crippen LogP contribution in [0.3, 0.4) is 0 Å². The van der Waals surface area contributed by atoms with Gasteiger partial charge in [-0.3, -0.25) is 0 Å². The summed E-state index contributed by atoms with van der Waals surface area (Å²) in [7, 11) is 1.94. The molecule has 1 heterocycles. The Hall–Kier alpha value is -1.23. The Labute approximate surface area is 111 Å². The highest BCUT2D eigenvalue weighted by atomic mass is 19.4. The van der Waals surface area contributed by atoms with Gasteiger partial charge in [0.1, 0.15) is 0 Å². The van der Waals surface area contributed by atoms with Gasteiger partial charge in [-0.25, -0.2) is 0 Å². The molecular weight excluding hydrogens is 253 g/mol. The standard InChI is InChI=1S/C14H19F3N2/c1-19(10-11-6-8-18-9-7-11)13-4-2-12(3-5-13)14(15,16)17/h2-5,11,18H,6-10H2,1H3. The SMILES string of the molecule is CN(CC1CCNCC1)c1ccc(C(F)(F)F)cc1. The fraction of sp³-hybridized carbons (Fsp3) is 0.571. The van der Waals surface area contributed by atoms with Gasteiger partial charge in [0, 0.05) is 19.3 Å². The van der Waals surface area contributed by atoms with Crippen LogP contribution in [-0.4, -0.2) is 26.7 Å². The molecule has 5 heteroatoms. The molecule has 0 aliphatic carbocycles. The lowest BCUT2D eigenvalue weighted by atomic mass is 9.97. The molecule has 1 saturated heterocycles. The van der Waals surface area contributed by atoms with Crippen molar-refractivity contribution in [2.45, 2.75) is 19.0 Å². The number of halogens is 3. The van der Waals surface area contributed by atoms with E-state index in [1.54, 1.807) is 12.1 Å². The average molecular weight is 272 g/mol. The van der Waals surface area contributed by atoms with Crippen molar-refractivity contribution >= 4 is 5.69 Å². The van der Waals surface area contributed by atoms with Crippen molar-refractivity contribution in [2.24, 2.45) is 5.92 Å². The number of nitrogens with one attached hydrogen (secondary N) is 1. The molecule has 0 aromatic heterocycles. The van der Waals surface area contributed by atoms with Crippen LogP contribution in [0.25, 0.3) is 0 Å². The summed E-state index contributed by atoms with van der Waals surface area (Å²) in [6, 6.07) is 5.39. The second-order valence-electron chi connectivity index (χ2n) is 5.12. The molecule has 0 bridgehead atoms. The zero-order valence-corrected chi connectivity index (χ0v) is 11.0. The first-order valence-corrected chi connectivity index (χ1v) is 6.56. The monoisotopic (exact) mass is 272 g/mol. The Morgan fingerprint density at radius 2 is 1.74 bits per heavy atom. The highest BCUT2D eigenvalue weighted by Gasteiger charge is 2.30. The van der Waals surface area contributed by atoms with Crippen LogP contribution in [-0.2, 0) is 6.18 Å². The molecule has 0 saturated carbocycles. The largest absolute Gasteiger partial charge is 0.416 e. The van der Waals surface area contributed by atoms with Crippen LogP contribution >= 0.6 is 0 Å². The number of hydrogen-bond donors (Lipinski definition) is 1. The van der Waals surface area contributed by atoms with Gasteiger partial charge in [0.2, 0.25) is 0 Å². The molecule has 0 atom stereocenters. The maximum absolute atomic E-state index is 12.5. The molecule has 0 unspecified atom stereocenters. The lowest BCUT2D eigenvalue weighted by Gasteiger charge is -2.29. The third kappa shape index (κ3) is 3.86. The van der Waals surface area contributed by atoms with Gasteiger partial charge in [-0.05, 0) is 56.1 Å². The van der Waals surface area contributed by atoms with Gasteiger partial charge in [0.05, 0.1) is 5.56 Å². The highest BCUT2D eigenvalue weighted by Crippen LogP contribution is 2.30. The van der Waals surface area contributed by atoms with E-state index in [1.165, 1.54) is 0 Å². The minimum atomic E-state index is -4.26. The van der Waals surface area contributed by atoms with Gasteiger partial charge in [0.15, 0.2) is 0 Å². The first kappa shape index (κ1) is 14.2. The van der Waals surface area contributed by atoms with E-state index in [1.807, 2.05) is 11.9 Å². The molecule has 0 spiro atoms. The van der Waals surface area contributed by atoms with Crippen LogP contribution < -0.4 is 10.2 Å². The predicted octanol–water partition coefficient (Wildman–Crippen LogP) is 3.14. The summed E-state index contributed by atoms with van der Waals surface area (Å²) in [4.78, 5) is 2.04. The molecule has 0 radical (unpaired) electrons. The topological polar surface area (TPSA) is 15.3 Å². The second-order valence-corrected chi connectivity index (χ2v) is 5.12. The zero-order valence-electron chi connectivity index (χ0n) is 11.0. The Morgan fingerprint density at radius 1 is 1.16 bits per heavy atom. The first-order chi connectivity index (χ1) is 8.97. The molecule has 1 aliphatic heterocycles. The Morgan fingerprint density at radius 3 is 2.26 bits per heavy atom. The first-order valence-electron chi connectivity index (χ1n) is 6.56. The maximum atomic E-state index is 12.5. The number of rotatable bonds is 3. The third-order valence-electron chi connectivity index (χ3n) is 3.63. The molecule has 2 nitrogen and oxygen atoms in total. The van der Waals surface area contributed by atoms with E-state index in [-0.39, 0.29) is 0 Å². The van der Waals surface area contributed by atoms with Gasteiger partial charge in [-0.2, -0.15) is 13.2 Å². The van der Waals surface area contributed by atoms with E-state index < -0.39 is 11.7 Å². The summed E-state index contributed by atoms with van der Waals surface area (Å²) in [6.07, 6.45) is -2.00. The molecule has 1 aromatic rings. The minimum absolute atomic E-state index is 0.591. The lowest BCUT2D eigenvalue weighted by molar-refractivity contribution is -0.137. The van der Waals surface area contributed by atoms with Crippen molar-refractivity contribution in [1.29, 1.82) is 0 Å². The number of nitrogens with zero attached hydrogens (tertiary/aromatic N) is 1. The number of hydrogen-bond acceptors (Lipinski definition) is 2. The zero-order chi connectivity index (χ0) is 13.9. The lowest BCUT2D eigenvalue weighted by Crippen LogP contribution is -2.34. The van der Waals surface area contributed by atoms with E-state index in [2.05, 4.69) is 5.32 Å². The van der Waals surface area contributed by atoms with Crippen LogP contribution in [0.2, 0.25) is 0 Å². The van der Waals surface area contributed by atoms with Crippen molar-refractivity contribution in [3.05, 3.63) is 29.8 Å². The van der Waals surface area contributed by atoms with Gasteiger partial charge >= 0.3 is 6.18 Å². The van der Waals surface area contributed by atoms with Gasteiger partial charge in [0.25, 0.3) is 0 Å². The number of anilines is 1. The Balaban J connectivity index is 1.97. The van der Waals surface area contributed by atoms with E-state index in [0.29, 0.717) is 5.92 Å². The summed E-state index contributed by atoms with van der Waals surface area (Å²) >= 11 is 0. The average Bonchev–Trinajstić information content (AvgIpc) is 2.39. The highest BCUT2D eigenvalue weighted by molar-refractivity contribution is 5.47. The minimum Gasteiger partial charge on any atom is -0.374 e. The molecule has 1 aromatic carbocycles. The van der Waals surface area contributed by atoms with Crippen LogP contribution in [0.1, 0.15) is 18.4 Å². The number of alkyl halides is 3. The summed E-state index contributed by atoms with van der Waals surface area (Å²) < 4.78 is 37.4. The van der Waals surface area contributed by atoms with Gasteiger partial charge in [-0.15, -0.1) is 0 Å². The molecular formula is C14H19F3N2. The summed E-state index contributed by atoms with van der Waals surface area (Å²) in [6.45, 7) is 2.96. The van der Waals surface area contributed by atoms with Crippen molar-refractivity contribution in [2.75, 3.05) is 31.6 Å². The summed E-state index contributed by atoms with van der Waals surface area (Å²) in [5.41, 5.74) is 0.248. The Kier molecular flexibility index (Phi) is 4.34. The van der Waals surface area contributed by atoms with Crippen molar-refractivity contribution in [3.63, 3.8) is 0 Å². The predicted molar refractivity (Wildman–Crippen MR) is 70.3 cm³/mol. The third-order valence-corrected chi connectivity index (χ3v) is 3.63. The number of piperidine rings is 1. The fourth-order valence-corrected chi connectivity index (χ4v) is 2.46. The second kappa shape index (κ2) is 5.82. The van der Waals surface area contributed by atoms with Crippen LogP contribution in [0.5, 0.6) is 0 Å². The van der Waals surface area contributed by atoms with Crippen molar-refractivity contribution < 1.29 is 13.2 Å². The summed E-state index contributed by atoms with van der Waals surface area (Å²) in [5.74, 6) is 0.619. The normalized spacial score (nSPS) is 17.5. The van der Waals surface area contributed by atoms with Crippen molar-refractivity contribution in [1.82, 2.24) is 5.32 Å². The van der Waals surface area contributed by atoms with E-state index >= 15 is 0 Å². The molecule has 0 amide bonds. The van der Waals surface area contributed by atoms with Crippen molar-refractivity contribution in [3.8, 4) is 0 Å². The molecule has 19 heavy (non-hydrogen) atoms. The molecule has 1 fully saturated rings.